The van der Waals surface area contributed by atoms with Gasteiger partial charge < -0.3 is 5.11 Å². The van der Waals surface area contributed by atoms with Crippen LogP contribution in [0.1, 0.15) is 17.0 Å². The molecular weight excluding hydrogens is 412 g/mol. The van der Waals surface area contributed by atoms with E-state index in [1.807, 2.05) is 44.2 Å². The highest BCUT2D eigenvalue weighted by Crippen LogP contribution is 2.18. The van der Waals surface area contributed by atoms with E-state index in [2.05, 4.69) is 20.3 Å². The van der Waals surface area contributed by atoms with Gasteiger partial charge in [0.25, 0.3) is 5.56 Å². The quantitative estimate of drug-likeness (QED) is 0.355. The van der Waals surface area contributed by atoms with E-state index in [0.29, 0.717) is 27.6 Å². The molecule has 31 heavy (non-hydrogen) atoms. The summed E-state index contributed by atoms with van der Waals surface area (Å²) >= 11 is 1.33. The summed E-state index contributed by atoms with van der Waals surface area (Å²) in [6.07, 6.45) is 2.47. The molecule has 0 spiro atoms. The lowest BCUT2D eigenvalue weighted by molar-refractivity contribution is 0.176. The Hall–Kier alpha value is -3.30. The molecule has 0 saturated carbocycles. The van der Waals surface area contributed by atoms with Gasteiger partial charge in [0, 0.05) is 5.75 Å². The van der Waals surface area contributed by atoms with E-state index >= 15 is 0 Å². The number of hydrogen-bond acceptors (Lipinski definition) is 7. The molecule has 1 N–H and O–H groups in total. The molecule has 0 bridgehead atoms. The van der Waals surface area contributed by atoms with Crippen LogP contribution in [-0.2, 0) is 6.54 Å². The number of rotatable bonds is 7. The standard InChI is InChI=1S/C22H22N6O2S/c1-15-7-3-4-8-17(15)11-24-28-16(2)25-26-22(28)31-13-18(29)12-27-14-23-20-10-6-5-9-19(20)21(27)30/h3-11,14,18,29H,12-13H2,1-2H3. The highest BCUT2D eigenvalue weighted by molar-refractivity contribution is 7.99. The summed E-state index contributed by atoms with van der Waals surface area (Å²) in [6.45, 7) is 3.99. The first-order valence-corrected chi connectivity index (χ1v) is 10.8. The van der Waals surface area contributed by atoms with Crippen LogP contribution in [0, 0.1) is 13.8 Å². The first-order chi connectivity index (χ1) is 15.0. The van der Waals surface area contributed by atoms with Gasteiger partial charge in [0.1, 0.15) is 0 Å². The number of aliphatic hydroxyl groups is 1. The van der Waals surface area contributed by atoms with E-state index in [1.54, 1.807) is 29.1 Å². The van der Waals surface area contributed by atoms with E-state index < -0.39 is 6.10 Å². The fraction of sp³-hybridized carbons (Fsp3) is 0.227. The molecule has 0 radical (unpaired) electrons. The third-order valence-electron chi connectivity index (χ3n) is 4.81. The third kappa shape index (κ3) is 4.73. The molecule has 9 heteroatoms. The minimum atomic E-state index is -0.767. The van der Waals surface area contributed by atoms with Gasteiger partial charge in [0.15, 0.2) is 5.82 Å². The molecule has 1 unspecified atom stereocenters. The van der Waals surface area contributed by atoms with Crippen LogP contribution in [0.5, 0.6) is 0 Å². The summed E-state index contributed by atoms with van der Waals surface area (Å²) in [6, 6.07) is 15.1. The highest BCUT2D eigenvalue weighted by atomic mass is 32.2. The second-order valence-electron chi connectivity index (χ2n) is 7.13. The van der Waals surface area contributed by atoms with Crippen molar-refractivity contribution in [3.8, 4) is 0 Å². The van der Waals surface area contributed by atoms with Crippen LogP contribution in [0.15, 0.2) is 69.9 Å². The van der Waals surface area contributed by atoms with E-state index in [4.69, 9.17) is 0 Å². The van der Waals surface area contributed by atoms with Crippen LogP contribution in [0.3, 0.4) is 0 Å². The van der Waals surface area contributed by atoms with Crippen molar-refractivity contribution < 1.29 is 5.11 Å². The maximum Gasteiger partial charge on any atom is 0.261 e. The lowest BCUT2D eigenvalue weighted by Gasteiger charge is -2.12. The van der Waals surface area contributed by atoms with Gasteiger partial charge in [-0.1, -0.05) is 48.2 Å². The number of benzene rings is 2. The van der Waals surface area contributed by atoms with Crippen LogP contribution >= 0.6 is 11.8 Å². The summed E-state index contributed by atoms with van der Waals surface area (Å²) in [5.74, 6) is 0.980. The number of hydrogen-bond donors (Lipinski definition) is 1. The van der Waals surface area contributed by atoms with Gasteiger partial charge in [0.05, 0.1) is 36.1 Å². The molecule has 0 aliphatic carbocycles. The van der Waals surface area contributed by atoms with Crippen LogP contribution in [0.2, 0.25) is 0 Å². The molecule has 158 valence electrons. The molecule has 2 aromatic carbocycles. The Bertz CT molecular complexity index is 1300. The van der Waals surface area contributed by atoms with Gasteiger partial charge in [-0.25, -0.2) is 4.98 Å². The number of aliphatic hydroxyl groups excluding tert-OH is 1. The fourth-order valence-electron chi connectivity index (χ4n) is 3.10. The summed E-state index contributed by atoms with van der Waals surface area (Å²) in [7, 11) is 0. The van der Waals surface area contributed by atoms with Crippen molar-refractivity contribution in [1.82, 2.24) is 24.4 Å². The zero-order valence-corrected chi connectivity index (χ0v) is 18.0. The van der Waals surface area contributed by atoms with Crippen molar-refractivity contribution in [3.63, 3.8) is 0 Å². The van der Waals surface area contributed by atoms with E-state index in [-0.39, 0.29) is 12.1 Å². The number of fused-ring (bicyclic) bond motifs is 1. The van der Waals surface area contributed by atoms with E-state index in [1.165, 1.54) is 22.7 Å². The smallest absolute Gasteiger partial charge is 0.261 e. The van der Waals surface area contributed by atoms with Crippen LogP contribution in [0.25, 0.3) is 10.9 Å². The van der Waals surface area contributed by atoms with Gasteiger partial charge >= 0.3 is 0 Å². The predicted molar refractivity (Wildman–Crippen MR) is 122 cm³/mol. The van der Waals surface area contributed by atoms with Crippen LogP contribution in [-0.4, -0.2) is 47.6 Å². The molecule has 0 fully saturated rings. The molecule has 8 nitrogen and oxygen atoms in total. The Labute approximate surface area is 183 Å². The van der Waals surface area contributed by atoms with Gasteiger partial charge in [-0.15, -0.1) is 10.2 Å². The van der Waals surface area contributed by atoms with E-state index in [9.17, 15) is 9.90 Å². The monoisotopic (exact) mass is 434 g/mol. The second kappa shape index (κ2) is 9.23. The Kier molecular flexibility index (Phi) is 6.24. The van der Waals surface area contributed by atoms with Crippen molar-refractivity contribution >= 4 is 28.9 Å². The maximum atomic E-state index is 12.6. The zero-order chi connectivity index (χ0) is 21.8. The van der Waals surface area contributed by atoms with Gasteiger partial charge in [-0.3, -0.25) is 9.36 Å². The molecule has 0 aliphatic rings. The predicted octanol–water partition coefficient (Wildman–Crippen LogP) is 2.64. The molecule has 0 aliphatic heterocycles. The van der Waals surface area contributed by atoms with Crippen LogP contribution in [0.4, 0.5) is 0 Å². The minimum Gasteiger partial charge on any atom is -0.390 e. The summed E-state index contributed by atoms with van der Waals surface area (Å²) in [5.41, 5.74) is 2.60. The Morgan fingerprint density at radius 1 is 1.13 bits per heavy atom. The molecule has 2 aromatic heterocycles. The highest BCUT2D eigenvalue weighted by Gasteiger charge is 2.14. The molecule has 2 heterocycles. The first kappa shape index (κ1) is 21.0. The molecule has 1 atom stereocenters. The lowest BCUT2D eigenvalue weighted by atomic mass is 10.1. The largest absolute Gasteiger partial charge is 0.390 e. The topological polar surface area (TPSA) is 98.2 Å². The average Bonchev–Trinajstić information content (AvgIpc) is 3.13. The molecule has 0 amide bonds. The number of thioether (sulfide) groups is 1. The zero-order valence-electron chi connectivity index (χ0n) is 17.2. The SMILES string of the molecule is Cc1ccccc1C=Nn1c(C)nnc1SCC(O)Cn1cnc2ccccc2c1=O. The fourth-order valence-corrected chi connectivity index (χ4v) is 3.95. The van der Waals surface area contributed by atoms with Gasteiger partial charge in [-0.2, -0.15) is 9.78 Å². The second-order valence-corrected chi connectivity index (χ2v) is 8.11. The molecule has 0 saturated heterocycles. The minimum absolute atomic E-state index is 0.142. The molecule has 4 rings (SSSR count). The number of nitrogens with zero attached hydrogens (tertiary/aromatic N) is 6. The van der Waals surface area contributed by atoms with Crippen molar-refractivity contribution in [1.29, 1.82) is 0 Å². The Morgan fingerprint density at radius 2 is 1.90 bits per heavy atom. The summed E-state index contributed by atoms with van der Waals surface area (Å²) in [5, 5.41) is 24.4. The van der Waals surface area contributed by atoms with Crippen molar-refractivity contribution in [3.05, 3.63) is 82.2 Å². The molecular formula is C22H22N6O2S. The molecule has 4 aromatic rings. The maximum absolute atomic E-state index is 12.6. The van der Waals surface area contributed by atoms with Crippen molar-refractivity contribution in [2.45, 2.75) is 31.7 Å². The first-order valence-electron chi connectivity index (χ1n) is 9.80. The average molecular weight is 435 g/mol. The summed E-state index contributed by atoms with van der Waals surface area (Å²) in [4.78, 5) is 16.9. The van der Waals surface area contributed by atoms with Crippen molar-refractivity contribution in [2.24, 2.45) is 5.10 Å². The van der Waals surface area contributed by atoms with Gasteiger partial charge in [0.2, 0.25) is 5.16 Å². The van der Waals surface area contributed by atoms with E-state index in [0.717, 1.165) is 11.1 Å². The van der Waals surface area contributed by atoms with Gasteiger partial charge in [-0.05, 0) is 37.1 Å². The van der Waals surface area contributed by atoms with Crippen molar-refractivity contribution in [2.75, 3.05) is 5.75 Å². The van der Waals surface area contributed by atoms with Crippen LogP contribution < -0.4 is 5.56 Å². The summed E-state index contributed by atoms with van der Waals surface area (Å²) < 4.78 is 3.08. The lowest BCUT2D eigenvalue weighted by Crippen LogP contribution is -2.28. The third-order valence-corrected chi connectivity index (χ3v) is 5.88. The normalized spacial score (nSPS) is 12.6. The number of aryl methyl sites for hydroxylation is 2. The number of aromatic nitrogens is 5. The Balaban J connectivity index is 1.45. The number of para-hydroxylation sites is 1. The Morgan fingerprint density at radius 3 is 2.74 bits per heavy atom.